The van der Waals surface area contributed by atoms with Gasteiger partial charge in [0.2, 0.25) is 0 Å². The van der Waals surface area contributed by atoms with Gasteiger partial charge in [0.1, 0.15) is 0 Å². The molecule has 1 aromatic heterocycles. The predicted molar refractivity (Wildman–Crippen MR) is 33.0 cm³/mol. The Hall–Kier alpha value is -0.830. The number of thiophene rings is 1. The zero-order chi connectivity index (χ0) is 6.69. The first-order valence-corrected chi connectivity index (χ1v) is 3.44. The molecule has 0 aliphatic rings. The van der Waals surface area contributed by atoms with Gasteiger partial charge in [0.05, 0.1) is 0 Å². The van der Waals surface area contributed by atoms with Crippen LogP contribution in [0.2, 0.25) is 0 Å². The van der Waals surface area contributed by atoms with Gasteiger partial charge in [-0.3, -0.25) is 0 Å². The van der Waals surface area contributed by atoms with Gasteiger partial charge in [-0.15, -0.1) is 0 Å². The van der Waals surface area contributed by atoms with Crippen LogP contribution in [-0.2, 0) is 11.2 Å². The molecule has 0 unspecified atom stereocenters. The maximum absolute atomic E-state index is 9.96. The lowest BCUT2D eigenvalue weighted by molar-refractivity contribution is -0.304. The molecule has 0 spiro atoms. The number of hydrogen-bond acceptors (Lipinski definition) is 3. The molecule has 0 fully saturated rings. The molecule has 0 atom stereocenters. The van der Waals surface area contributed by atoms with Gasteiger partial charge in [-0.05, 0) is 22.4 Å². The highest BCUT2D eigenvalue weighted by molar-refractivity contribution is 7.07. The van der Waals surface area contributed by atoms with Crippen LogP contribution in [0.5, 0.6) is 0 Å². The summed E-state index contributed by atoms with van der Waals surface area (Å²) in [6.07, 6.45) is 0.0312. The lowest BCUT2D eigenvalue weighted by Gasteiger charge is -1.95. The zero-order valence-corrected chi connectivity index (χ0v) is 5.48. The van der Waals surface area contributed by atoms with E-state index in [0.29, 0.717) is 0 Å². The first-order valence-electron chi connectivity index (χ1n) is 2.50. The topological polar surface area (TPSA) is 40.1 Å². The Kier molecular flexibility index (Phi) is 1.85. The molecule has 48 valence electrons. The van der Waals surface area contributed by atoms with Crippen molar-refractivity contribution in [2.24, 2.45) is 0 Å². The molecule has 1 aromatic rings. The minimum absolute atomic E-state index is 0.0312. The minimum atomic E-state index is -1.02. The molecule has 0 saturated carbocycles. The maximum atomic E-state index is 9.96. The minimum Gasteiger partial charge on any atom is -0.550 e. The fourth-order valence-corrected chi connectivity index (χ4v) is 1.23. The average Bonchev–Trinajstić information content (AvgIpc) is 2.15. The van der Waals surface area contributed by atoms with E-state index in [2.05, 4.69) is 0 Å². The van der Waals surface area contributed by atoms with Crippen molar-refractivity contribution in [3.05, 3.63) is 22.4 Å². The Morgan fingerprint density at radius 1 is 1.78 bits per heavy atom. The summed E-state index contributed by atoms with van der Waals surface area (Å²) in [6, 6.07) is 1.78. The highest BCUT2D eigenvalue weighted by Gasteiger charge is 1.90. The Morgan fingerprint density at radius 3 is 3.00 bits per heavy atom. The van der Waals surface area contributed by atoms with Gasteiger partial charge in [-0.1, -0.05) is 0 Å². The van der Waals surface area contributed by atoms with E-state index in [1.54, 1.807) is 11.4 Å². The van der Waals surface area contributed by atoms with Crippen LogP contribution in [-0.4, -0.2) is 5.97 Å². The maximum Gasteiger partial charge on any atom is 0.0458 e. The molecule has 0 aliphatic heterocycles. The summed E-state index contributed by atoms with van der Waals surface area (Å²) in [7, 11) is 0. The number of carbonyl (C=O) groups excluding carboxylic acids is 1. The third kappa shape index (κ3) is 1.85. The molecule has 0 aliphatic carbocycles. The number of aliphatic carboxylic acids is 1. The molecule has 0 amide bonds. The third-order valence-electron chi connectivity index (χ3n) is 0.929. The van der Waals surface area contributed by atoms with Crippen molar-refractivity contribution in [3.63, 3.8) is 0 Å². The monoisotopic (exact) mass is 141 g/mol. The van der Waals surface area contributed by atoms with Crippen LogP contribution in [0.15, 0.2) is 16.8 Å². The molecular formula is C6H5O2S-. The van der Waals surface area contributed by atoms with Crippen LogP contribution in [0, 0.1) is 0 Å². The van der Waals surface area contributed by atoms with Gasteiger partial charge >= 0.3 is 0 Å². The highest BCUT2D eigenvalue weighted by atomic mass is 32.1. The van der Waals surface area contributed by atoms with Gasteiger partial charge in [0.25, 0.3) is 0 Å². The van der Waals surface area contributed by atoms with Crippen LogP contribution >= 0.6 is 11.3 Å². The summed E-state index contributed by atoms with van der Waals surface area (Å²) in [5.74, 6) is -1.02. The molecule has 1 rings (SSSR count). The summed E-state index contributed by atoms with van der Waals surface area (Å²) in [5, 5.41) is 13.6. The first-order chi connectivity index (χ1) is 4.29. The Labute approximate surface area is 56.8 Å². The lowest BCUT2D eigenvalue weighted by atomic mass is 10.2. The van der Waals surface area contributed by atoms with Crippen LogP contribution < -0.4 is 5.11 Å². The quantitative estimate of drug-likeness (QED) is 0.583. The van der Waals surface area contributed by atoms with Crippen molar-refractivity contribution in [1.29, 1.82) is 0 Å². The van der Waals surface area contributed by atoms with Gasteiger partial charge in [-0.2, -0.15) is 11.3 Å². The summed E-state index contributed by atoms with van der Waals surface area (Å²) in [5.41, 5.74) is 0.819. The number of rotatable bonds is 2. The fraction of sp³-hybridized carbons (Fsp3) is 0.167. The normalized spacial score (nSPS) is 9.33. The van der Waals surface area contributed by atoms with Gasteiger partial charge in [0, 0.05) is 12.4 Å². The van der Waals surface area contributed by atoms with E-state index in [0.717, 1.165) is 5.56 Å². The average molecular weight is 141 g/mol. The van der Waals surface area contributed by atoms with E-state index in [1.165, 1.54) is 11.3 Å². The largest absolute Gasteiger partial charge is 0.550 e. The van der Waals surface area contributed by atoms with Crippen molar-refractivity contribution < 1.29 is 9.90 Å². The highest BCUT2D eigenvalue weighted by Crippen LogP contribution is 2.05. The number of hydrogen-bond donors (Lipinski definition) is 0. The number of carboxylic acid groups (broad SMARTS) is 1. The standard InChI is InChI=1S/C6H6O2S/c7-6(8)3-5-1-2-9-4-5/h1-2,4H,3H2,(H,7,8)/p-1. The predicted octanol–water partition coefficient (Wildman–Crippen LogP) is 0.0405. The van der Waals surface area contributed by atoms with E-state index < -0.39 is 5.97 Å². The SMILES string of the molecule is O=C([O-])Cc1ccsc1. The Bertz CT molecular complexity index is 191. The van der Waals surface area contributed by atoms with Crippen LogP contribution in [0.4, 0.5) is 0 Å². The van der Waals surface area contributed by atoms with Crippen molar-refractivity contribution in [1.82, 2.24) is 0 Å². The lowest BCUT2D eigenvalue weighted by Crippen LogP contribution is -2.23. The molecule has 0 saturated heterocycles. The Balaban J connectivity index is 2.58. The van der Waals surface area contributed by atoms with Gasteiger partial charge < -0.3 is 9.90 Å². The molecular weight excluding hydrogens is 136 g/mol. The van der Waals surface area contributed by atoms with Crippen molar-refractivity contribution in [3.8, 4) is 0 Å². The van der Waals surface area contributed by atoms with E-state index >= 15 is 0 Å². The molecule has 3 heteroatoms. The van der Waals surface area contributed by atoms with Crippen LogP contribution in [0.1, 0.15) is 5.56 Å². The molecule has 0 N–H and O–H groups in total. The second-order valence-corrected chi connectivity index (χ2v) is 2.46. The summed E-state index contributed by atoms with van der Waals surface area (Å²) >= 11 is 1.49. The second kappa shape index (κ2) is 2.64. The number of carbonyl (C=O) groups is 1. The molecule has 0 aromatic carbocycles. The first kappa shape index (κ1) is 6.29. The smallest absolute Gasteiger partial charge is 0.0458 e. The second-order valence-electron chi connectivity index (χ2n) is 1.68. The molecule has 9 heavy (non-hydrogen) atoms. The molecule has 2 nitrogen and oxygen atoms in total. The van der Waals surface area contributed by atoms with Crippen molar-refractivity contribution in [2.75, 3.05) is 0 Å². The van der Waals surface area contributed by atoms with Crippen molar-refractivity contribution >= 4 is 17.3 Å². The molecule has 0 bridgehead atoms. The van der Waals surface area contributed by atoms with Crippen LogP contribution in [0.3, 0.4) is 0 Å². The fourth-order valence-electron chi connectivity index (χ4n) is 0.560. The Morgan fingerprint density at radius 2 is 2.56 bits per heavy atom. The number of carboxylic acids is 1. The van der Waals surface area contributed by atoms with E-state index in [-0.39, 0.29) is 6.42 Å². The van der Waals surface area contributed by atoms with Gasteiger partial charge in [0.15, 0.2) is 0 Å². The zero-order valence-electron chi connectivity index (χ0n) is 4.66. The third-order valence-corrected chi connectivity index (χ3v) is 1.66. The van der Waals surface area contributed by atoms with Crippen LogP contribution in [0.25, 0.3) is 0 Å². The van der Waals surface area contributed by atoms with Crippen molar-refractivity contribution in [2.45, 2.75) is 6.42 Å². The van der Waals surface area contributed by atoms with E-state index in [4.69, 9.17) is 0 Å². The molecule has 0 radical (unpaired) electrons. The van der Waals surface area contributed by atoms with Gasteiger partial charge in [-0.25, -0.2) is 0 Å². The summed E-state index contributed by atoms with van der Waals surface area (Å²) in [4.78, 5) is 9.96. The summed E-state index contributed by atoms with van der Waals surface area (Å²) < 4.78 is 0. The van der Waals surface area contributed by atoms with E-state index in [9.17, 15) is 9.90 Å². The molecule has 1 heterocycles. The summed E-state index contributed by atoms with van der Waals surface area (Å²) in [6.45, 7) is 0. The van der Waals surface area contributed by atoms with E-state index in [1.807, 2.05) is 5.38 Å².